The van der Waals surface area contributed by atoms with Gasteiger partial charge in [0.1, 0.15) is 6.54 Å². The Labute approximate surface area is 155 Å². The standard InChI is InChI=1S/C16H13Cl2N3O3S/c1-25(23,24)21(13-5-2-11(9-19)3-6-13)10-16(22)20-15-8-12(17)4-7-14(15)18/h2-8H,10H2,1H3,(H,20,22). The van der Waals surface area contributed by atoms with Gasteiger partial charge in [0.2, 0.25) is 15.9 Å². The number of amides is 1. The molecule has 0 unspecified atom stereocenters. The number of nitriles is 1. The van der Waals surface area contributed by atoms with E-state index >= 15 is 0 Å². The summed E-state index contributed by atoms with van der Waals surface area (Å²) in [5, 5.41) is 12.0. The molecule has 0 bridgehead atoms. The van der Waals surface area contributed by atoms with Crippen LogP contribution < -0.4 is 9.62 Å². The molecular weight excluding hydrogens is 385 g/mol. The van der Waals surface area contributed by atoms with E-state index in [0.29, 0.717) is 10.6 Å². The minimum absolute atomic E-state index is 0.272. The van der Waals surface area contributed by atoms with Gasteiger partial charge in [-0.05, 0) is 42.5 Å². The SMILES string of the molecule is CS(=O)(=O)N(CC(=O)Nc1cc(Cl)ccc1Cl)c1ccc(C#N)cc1. The number of carbonyl (C=O) groups is 1. The minimum atomic E-state index is -3.71. The maximum atomic E-state index is 12.3. The molecule has 6 nitrogen and oxygen atoms in total. The van der Waals surface area contributed by atoms with Crippen LogP contribution in [0.5, 0.6) is 0 Å². The molecule has 130 valence electrons. The summed E-state index contributed by atoms with van der Waals surface area (Å²) < 4.78 is 25.0. The summed E-state index contributed by atoms with van der Waals surface area (Å²) in [4.78, 5) is 12.3. The van der Waals surface area contributed by atoms with Crippen molar-refractivity contribution in [2.45, 2.75) is 0 Å². The van der Waals surface area contributed by atoms with Crippen LogP contribution in [0.2, 0.25) is 10.0 Å². The normalized spacial score (nSPS) is 10.8. The molecule has 0 aliphatic heterocycles. The van der Waals surface area contributed by atoms with E-state index in [-0.39, 0.29) is 16.4 Å². The highest BCUT2D eigenvalue weighted by Crippen LogP contribution is 2.25. The molecule has 2 rings (SSSR count). The smallest absolute Gasteiger partial charge is 0.245 e. The molecule has 9 heteroatoms. The van der Waals surface area contributed by atoms with Crippen LogP contribution in [0.1, 0.15) is 5.56 Å². The van der Waals surface area contributed by atoms with E-state index in [0.717, 1.165) is 10.6 Å². The Bertz CT molecular complexity index is 938. The van der Waals surface area contributed by atoms with Crippen LogP contribution in [-0.4, -0.2) is 27.1 Å². The van der Waals surface area contributed by atoms with Gasteiger partial charge in [-0.25, -0.2) is 8.42 Å². The molecule has 0 aliphatic rings. The summed E-state index contributed by atoms with van der Waals surface area (Å²) in [5.41, 5.74) is 0.939. The lowest BCUT2D eigenvalue weighted by molar-refractivity contribution is -0.114. The third kappa shape index (κ3) is 5.10. The lowest BCUT2D eigenvalue weighted by Crippen LogP contribution is -2.37. The predicted octanol–water partition coefficient (Wildman–Crippen LogP) is 3.27. The Morgan fingerprint density at radius 2 is 1.84 bits per heavy atom. The maximum Gasteiger partial charge on any atom is 0.245 e. The van der Waals surface area contributed by atoms with Crippen molar-refractivity contribution in [1.29, 1.82) is 5.26 Å². The summed E-state index contributed by atoms with van der Waals surface area (Å²) in [5.74, 6) is -0.584. The molecule has 0 saturated carbocycles. The van der Waals surface area contributed by atoms with Crippen LogP contribution in [-0.2, 0) is 14.8 Å². The Kier molecular flexibility index (Phi) is 5.90. The first-order valence-electron chi connectivity index (χ1n) is 6.93. The van der Waals surface area contributed by atoms with E-state index in [1.807, 2.05) is 6.07 Å². The molecule has 0 aromatic heterocycles. The zero-order chi connectivity index (χ0) is 18.6. The van der Waals surface area contributed by atoms with Crippen molar-refractivity contribution in [3.63, 3.8) is 0 Å². The zero-order valence-corrected chi connectivity index (χ0v) is 15.4. The van der Waals surface area contributed by atoms with E-state index in [1.165, 1.54) is 36.4 Å². The molecule has 0 atom stereocenters. The number of carbonyl (C=O) groups excluding carboxylic acids is 1. The van der Waals surface area contributed by atoms with Gasteiger partial charge in [-0.15, -0.1) is 0 Å². The fourth-order valence-electron chi connectivity index (χ4n) is 2.02. The first-order valence-corrected chi connectivity index (χ1v) is 9.54. The highest BCUT2D eigenvalue weighted by atomic mass is 35.5. The van der Waals surface area contributed by atoms with Gasteiger partial charge >= 0.3 is 0 Å². The van der Waals surface area contributed by atoms with Gasteiger partial charge < -0.3 is 5.32 Å². The van der Waals surface area contributed by atoms with E-state index in [2.05, 4.69) is 5.32 Å². The van der Waals surface area contributed by atoms with Gasteiger partial charge in [0.15, 0.2) is 0 Å². The number of nitrogens with one attached hydrogen (secondary N) is 1. The molecule has 1 N–H and O–H groups in total. The van der Waals surface area contributed by atoms with Crippen LogP contribution in [0.25, 0.3) is 0 Å². The first kappa shape index (κ1) is 19.1. The zero-order valence-electron chi connectivity index (χ0n) is 13.0. The summed E-state index contributed by atoms with van der Waals surface area (Å²) in [7, 11) is -3.71. The van der Waals surface area contributed by atoms with Crippen molar-refractivity contribution in [3.05, 3.63) is 58.1 Å². The predicted molar refractivity (Wildman–Crippen MR) is 98.4 cm³/mol. The van der Waals surface area contributed by atoms with Gasteiger partial charge in [0, 0.05) is 5.02 Å². The van der Waals surface area contributed by atoms with Crippen LogP contribution in [0.3, 0.4) is 0 Å². The lowest BCUT2D eigenvalue weighted by Gasteiger charge is -2.22. The topological polar surface area (TPSA) is 90.3 Å². The number of hydrogen-bond donors (Lipinski definition) is 1. The second-order valence-corrected chi connectivity index (χ2v) is 7.85. The average molecular weight is 398 g/mol. The van der Waals surface area contributed by atoms with Crippen LogP contribution in [0.4, 0.5) is 11.4 Å². The van der Waals surface area contributed by atoms with Crippen LogP contribution in [0, 0.1) is 11.3 Å². The highest BCUT2D eigenvalue weighted by Gasteiger charge is 2.21. The molecule has 0 saturated heterocycles. The van der Waals surface area contributed by atoms with Gasteiger partial charge in [0.25, 0.3) is 0 Å². The van der Waals surface area contributed by atoms with E-state index in [1.54, 1.807) is 6.07 Å². The van der Waals surface area contributed by atoms with E-state index < -0.39 is 22.5 Å². The number of benzene rings is 2. The molecule has 0 heterocycles. The third-order valence-corrected chi connectivity index (χ3v) is 4.88. The number of nitrogens with zero attached hydrogens (tertiary/aromatic N) is 2. The first-order chi connectivity index (χ1) is 11.7. The van der Waals surface area contributed by atoms with Crippen molar-refractivity contribution in [2.24, 2.45) is 0 Å². The largest absolute Gasteiger partial charge is 0.323 e. The van der Waals surface area contributed by atoms with Gasteiger partial charge in [-0.2, -0.15) is 5.26 Å². The highest BCUT2D eigenvalue weighted by molar-refractivity contribution is 7.92. The molecule has 2 aromatic carbocycles. The summed E-state index contributed by atoms with van der Waals surface area (Å²) in [6, 6.07) is 12.4. The van der Waals surface area contributed by atoms with Gasteiger partial charge in [-0.1, -0.05) is 23.2 Å². The summed E-state index contributed by atoms with van der Waals surface area (Å²) >= 11 is 11.8. The van der Waals surface area contributed by atoms with Crippen molar-refractivity contribution in [2.75, 3.05) is 22.4 Å². The number of halogens is 2. The number of sulfonamides is 1. The molecule has 0 aliphatic carbocycles. The molecule has 1 amide bonds. The average Bonchev–Trinajstić information content (AvgIpc) is 2.55. The number of hydrogen-bond acceptors (Lipinski definition) is 4. The second kappa shape index (κ2) is 7.74. The Balaban J connectivity index is 2.23. The Morgan fingerprint density at radius 3 is 2.40 bits per heavy atom. The van der Waals surface area contributed by atoms with Crippen molar-refractivity contribution in [1.82, 2.24) is 0 Å². The molecule has 0 radical (unpaired) electrons. The van der Waals surface area contributed by atoms with Gasteiger partial charge in [0.05, 0.1) is 34.3 Å². The van der Waals surface area contributed by atoms with Crippen molar-refractivity contribution >= 4 is 50.5 Å². The second-order valence-electron chi connectivity index (χ2n) is 5.10. The number of anilines is 2. The van der Waals surface area contributed by atoms with E-state index in [9.17, 15) is 13.2 Å². The molecule has 0 fully saturated rings. The minimum Gasteiger partial charge on any atom is -0.323 e. The fraction of sp³-hybridized carbons (Fsp3) is 0.125. The third-order valence-electron chi connectivity index (χ3n) is 3.17. The summed E-state index contributed by atoms with van der Waals surface area (Å²) in [6.07, 6.45) is 0.991. The van der Waals surface area contributed by atoms with E-state index in [4.69, 9.17) is 28.5 Å². The quantitative estimate of drug-likeness (QED) is 0.837. The van der Waals surface area contributed by atoms with Crippen LogP contribution in [0.15, 0.2) is 42.5 Å². The van der Waals surface area contributed by atoms with Crippen molar-refractivity contribution in [3.8, 4) is 6.07 Å². The Hall–Kier alpha value is -2.27. The molecule has 0 spiro atoms. The summed E-state index contributed by atoms with van der Waals surface area (Å²) in [6.45, 7) is -0.451. The van der Waals surface area contributed by atoms with Crippen LogP contribution >= 0.6 is 23.2 Å². The molecule has 25 heavy (non-hydrogen) atoms. The number of rotatable bonds is 5. The maximum absolute atomic E-state index is 12.3. The van der Waals surface area contributed by atoms with Gasteiger partial charge in [-0.3, -0.25) is 9.10 Å². The van der Waals surface area contributed by atoms with Crippen molar-refractivity contribution < 1.29 is 13.2 Å². The lowest BCUT2D eigenvalue weighted by atomic mass is 10.2. The Morgan fingerprint density at radius 1 is 1.20 bits per heavy atom. The molecule has 2 aromatic rings. The molecular formula is C16H13Cl2N3O3S. The monoisotopic (exact) mass is 397 g/mol. The fourth-order valence-corrected chi connectivity index (χ4v) is 3.21.